The van der Waals surface area contributed by atoms with E-state index < -0.39 is 6.10 Å². The number of nitrogens with one attached hydrogen (secondary N) is 2. The van der Waals surface area contributed by atoms with Crippen LogP contribution in [0, 0.1) is 0 Å². The minimum absolute atomic E-state index is 0.00778. The van der Waals surface area contributed by atoms with Gasteiger partial charge in [-0.2, -0.15) is 0 Å². The van der Waals surface area contributed by atoms with E-state index in [9.17, 15) is 9.59 Å². The van der Waals surface area contributed by atoms with Crippen LogP contribution in [0.5, 0.6) is 11.5 Å². The van der Waals surface area contributed by atoms with Gasteiger partial charge in [0.1, 0.15) is 6.61 Å². The Kier molecular flexibility index (Phi) is 5.67. The molecule has 4 rings (SSSR count). The van der Waals surface area contributed by atoms with Crippen molar-refractivity contribution in [2.75, 3.05) is 38.1 Å². The van der Waals surface area contributed by atoms with Gasteiger partial charge in [0.05, 0.1) is 26.2 Å². The quantitative estimate of drug-likeness (QED) is 0.793. The predicted octanol–water partition coefficient (Wildman–Crippen LogP) is 0.581. The van der Waals surface area contributed by atoms with Crippen LogP contribution >= 0.6 is 0 Å². The number of carbonyl (C=O) groups excluding carboxylic acids is 2. The van der Waals surface area contributed by atoms with Gasteiger partial charge in [-0.15, -0.1) is 0 Å². The number of hydrogen-bond donors (Lipinski definition) is 2. The number of para-hydroxylation sites is 3. The molecule has 0 unspecified atom stereocenters. The number of carbonyl (C=O) groups is 2. The van der Waals surface area contributed by atoms with Gasteiger partial charge in [0, 0.05) is 5.69 Å². The summed E-state index contributed by atoms with van der Waals surface area (Å²) in [4.78, 5) is 28.4. The summed E-state index contributed by atoms with van der Waals surface area (Å²) in [6.45, 7) is 4.79. The molecule has 0 saturated carbocycles. The van der Waals surface area contributed by atoms with Crippen molar-refractivity contribution in [3.63, 3.8) is 0 Å². The third kappa shape index (κ3) is 4.35. The fourth-order valence-corrected chi connectivity index (χ4v) is 3.75. The smallest absolute Gasteiger partial charge is 0.282 e. The maximum absolute atomic E-state index is 12.8. The zero-order chi connectivity index (χ0) is 20.2. The number of anilines is 1. The van der Waals surface area contributed by atoms with Gasteiger partial charge in [-0.1, -0.05) is 30.3 Å². The highest BCUT2D eigenvalue weighted by Crippen LogP contribution is 2.31. The monoisotopic (exact) mass is 396 g/mol. The Morgan fingerprint density at radius 2 is 1.69 bits per heavy atom. The number of fused-ring (bicyclic) bond motifs is 1. The second-order valence-electron chi connectivity index (χ2n) is 7.42. The van der Waals surface area contributed by atoms with E-state index in [0.29, 0.717) is 24.6 Å². The van der Waals surface area contributed by atoms with Crippen molar-refractivity contribution in [1.82, 2.24) is 4.90 Å². The minimum atomic E-state index is -0.620. The van der Waals surface area contributed by atoms with Crippen molar-refractivity contribution in [2.45, 2.75) is 19.1 Å². The van der Waals surface area contributed by atoms with Gasteiger partial charge in [-0.3, -0.25) is 9.59 Å². The first-order chi connectivity index (χ1) is 14.1. The first-order valence-corrected chi connectivity index (χ1v) is 9.99. The van der Waals surface area contributed by atoms with Crippen molar-refractivity contribution in [1.29, 1.82) is 0 Å². The maximum atomic E-state index is 12.8. The standard InChI is InChI=1S/C22H25N3O4/c1-16(21(26)23-17-7-3-2-4-8-17)24-11-13-25(14-12-24)22(27)20-15-28-18-9-5-6-10-19(18)29-20/h2-10,16,20H,11-15H2,1H3,(H,23,26)/p+1/t16-,20-/m0/s1. The summed E-state index contributed by atoms with van der Waals surface area (Å²) in [5.41, 5.74) is 0.798. The van der Waals surface area contributed by atoms with E-state index in [1.165, 1.54) is 4.90 Å². The second kappa shape index (κ2) is 8.53. The van der Waals surface area contributed by atoms with E-state index in [0.717, 1.165) is 18.8 Å². The molecule has 0 radical (unpaired) electrons. The molecule has 2 N–H and O–H groups in total. The summed E-state index contributed by atoms with van der Waals surface area (Å²) in [6.07, 6.45) is -0.620. The van der Waals surface area contributed by atoms with E-state index in [1.807, 2.05) is 66.4 Å². The van der Waals surface area contributed by atoms with Crippen molar-refractivity contribution in [3.8, 4) is 11.5 Å². The van der Waals surface area contributed by atoms with E-state index >= 15 is 0 Å². The van der Waals surface area contributed by atoms with Crippen LogP contribution in [-0.4, -0.2) is 61.6 Å². The van der Waals surface area contributed by atoms with Gasteiger partial charge in [0.25, 0.3) is 11.8 Å². The fraction of sp³-hybridized carbons (Fsp3) is 0.364. The molecule has 152 valence electrons. The van der Waals surface area contributed by atoms with E-state index in [4.69, 9.17) is 9.47 Å². The molecule has 29 heavy (non-hydrogen) atoms. The summed E-state index contributed by atoms with van der Waals surface area (Å²) in [5.74, 6) is 1.21. The molecule has 0 bridgehead atoms. The van der Waals surface area contributed by atoms with Crippen molar-refractivity contribution in [2.24, 2.45) is 0 Å². The Hall–Kier alpha value is -3.06. The molecule has 2 atom stereocenters. The van der Waals surface area contributed by atoms with Gasteiger partial charge in [-0.05, 0) is 31.2 Å². The van der Waals surface area contributed by atoms with E-state index in [2.05, 4.69) is 5.32 Å². The number of amides is 2. The summed E-state index contributed by atoms with van der Waals surface area (Å²) in [6, 6.07) is 16.7. The highest BCUT2D eigenvalue weighted by molar-refractivity contribution is 5.93. The van der Waals surface area contributed by atoms with Crippen LogP contribution in [0.1, 0.15) is 6.92 Å². The van der Waals surface area contributed by atoms with Crippen LogP contribution in [0.2, 0.25) is 0 Å². The highest BCUT2D eigenvalue weighted by Gasteiger charge is 2.35. The second-order valence-corrected chi connectivity index (χ2v) is 7.42. The lowest BCUT2D eigenvalue weighted by molar-refractivity contribution is -0.917. The average Bonchev–Trinajstić information content (AvgIpc) is 2.78. The molecule has 2 aromatic rings. The fourth-order valence-electron chi connectivity index (χ4n) is 3.75. The lowest BCUT2D eigenvalue weighted by Crippen LogP contribution is -3.19. The Labute approximate surface area is 170 Å². The molecule has 0 aromatic heterocycles. The minimum Gasteiger partial charge on any atom is -0.485 e. The molecule has 1 fully saturated rings. The molecule has 2 aliphatic heterocycles. The van der Waals surface area contributed by atoms with Gasteiger partial charge >= 0.3 is 0 Å². The van der Waals surface area contributed by atoms with E-state index in [1.54, 1.807) is 0 Å². The van der Waals surface area contributed by atoms with Crippen LogP contribution in [0.15, 0.2) is 54.6 Å². The van der Waals surface area contributed by atoms with Gasteiger partial charge in [0.15, 0.2) is 17.5 Å². The number of nitrogens with zero attached hydrogens (tertiary/aromatic N) is 1. The van der Waals surface area contributed by atoms with Crippen LogP contribution in [0.3, 0.4) is 0 Å². The number of piperazine rings is 1. The first-order valence-electron chi connectivity index (χ1n) is 9.99. The molecule has 2 aliphatic rings. The number of rotatable bonds is 4. The molecule has 7 nitrogen and oxygen atoms in total. The number of ether oxygens (including phenoxy) is 2. The Balaban J connectivity index is 1.29. The Bertz CT molecular complexity index is 865. The van der Waals surface area contributed by atoms with Crippen LogP contribution in [0.25, 0.3) is 0 Å². The van der Waals surface area contributed by atoms with Crippen LogP contribution < -0.4 is 19.7 Å². The Morgan fingerprint density at radius 3 is 2.41 bits per heavy atom. The molecule has 2 aromatic carbocycles. The van der Waals surface area contributed by atoms with Crippen LogP contribution in [-0.2, 0) is 9.59 Å². The lowest BCUT2D eigenvalue weighted by Gasteiger charge is -2.36. The molecule has 0 aliphatic carbocycles. The largest absolute Gasteiger partial charge is 0.485 e. The molecule has 0 spiro atoms. The molecular formula is C22H26N3O4+. The van der Waals surface area contributed by atoms with Gasteiger partial charge in [0.2, 0.25) is 6.10 Å². The van der Waals surface area contributed by atoms with Gasteiger partial charge in [-0.25, -0.2) is 0 Å². The molecular weight excluding hydrogens is 370 g/mol. The molecule has 2 amide bonds. The van der Waals surface area contributed by atoms with Crippen molar-refractivity contribution >= 4 is 17.5 Å². The summed E-state index contributed by atoms with van der Waals surface area (Å²) < 4.78 is 11.5. The predicted molar refractivity (Wildman–Crippen MR) is 108 cm³/mol. The normalized spacial score (nSPS) is 20.0. The molecule has 7 heteroatoms. The Morgan fingerprint density at radius 1 is 1.03 bits per heavy atom. The number of benzene rings is 2. The van der Waals surface area contributed by atoms with Crippen molar-refractivity contribution in [3.05, 3.63) is 54.6 Å². The zero-order valence-electron chi connectivity index (χ0n) is 16.5. The molecule has 2 heterocycles. The summed E-state index contributed by atoms with van der Waals surface area (Å²) in [7, 11) is 0. The maximum Gasteiger partial charge on any atom is 0.282 e. The average molecular weight is 396 g/mol. The third-order valence-corrected chi connectivity index (χ3v) is 5.55. The van der Waals surface area contributed by atoms with Crippen molar-refractivity contribution < 1.29 is 24.0 Å². The van der Waals surface area contributed by atoms with Gasteiger partial charge < -0.3 is 24.6 Å². The summed E-state index contributed by atoms with van der Waals surface area (Å²) in [5, 5.41) is 2.96. The third-order valence-electron chi connectivity index (χ3n) is 5.55. The number of quaternary nitrogens is 1. The van der Waals surface area contributed by atoms with E-state index in [-0.39, 0.29) is 24.5 Å². The van der Waals surface area contributed by atoms with Crippen LogP contribution in [0.4, 0.5) is 5.69 Å². The topological polar surface area (TPSA) is 72.3 Å². The first kappa shape index (κ1) is 19.3. The zero-order valence-corrected chi connectivity index (χ0v) is 16.5. The molecule has 1 saturated heterocycles. The summed E-state index contributed by atoms with van der Waals surface area (Å²) >= 11 is 0. The lowest BCUT2D eigenvalue weighted by atomic mass is 10.2. The highest BCUT2D eigenvalue weighted by atomic mass is 16.6. The number of hydrogen-bond acceptors (Lipinski definition) is 4. The SMILES string of the molecule is C[C@@H](C(=O)Nc1ccccc1)[NH+]1CCN(C(=O)[C@@H]2COc3ccccc3O2)CC1.